The first-order chi connectivity index (χ1) is 7.54. The minimum Gasteiger partial charge on any atom is -0.480 e. The molecule has 1 unspecified atom stereocenters. The third kappa shape index (κ3) is 3.91. The van der Waals surface area contributed by atoms with Gasteiger partial charge in [-0.25, -0.2) is 0 Å². The van der Waals surface area contributed by atoms with Gasteiger partial charge in [0.25, 0.3) is 0 Å². The van der Waals surface area contributed by atoms with Crippen molar-refractivity contribution in [2.45, 2.75) is 25.3 Å². The number of carboxylic acid groups (broad SMARTS) is 1. The van der Waals surface area contributed by atoms with Gasteiger partial charge in [0.05, 0.1) is 6.54 Å². The van der Waals surface area contributed by atoms with Gasteiger partial charge in [0, 0.05) is 12.5 Å². The monoisotopic (exact) mass is 224 g/mol. The highest BCUT2D eigenvalue weighted by Gasteiger charge is 2.31. The molecular weight excluding hydrogens is 208 g/mol. The molecule has 1 amide bonds. The second-order valence-electron chi connectivity index (χ2n) is 4.05. The number of terminal acetylenes is 1. The van der Waals surface area contributed by atoms with Crippen LogP contribution in [0, 0.1) is 18.3 Å². The van der Waals surface area contributed by atoms with Crippen molar-refractivity contribution >= 4 is 11.9 Å². The lowest BCUT2D eigenvalue weighted by Crippen LogP contribution is -2.39. The van der Waals surface area contributed by atoms with Crippen LogP contribution in [0.25, 0.3) is 0 Å². The van der Waals surface area contributed by atoms with Crippen molar-refractivity contribution < 1.29 is 14.7 Å². The van der Waals surface area contributed by atoms with Gasteiger partial charge in [-0.15, -0.1) is 6.42 Å². The number of hydrogen-bond acceptors (Lipinski definition) is 3. The molecule has 0 aromatic heterocycles. The van der Waals surface area contributed by atoms with Gasteiger partial charge in [-0.3, -0.25) is 9.59 Å². The van der Waals surface area contributed by atoms with Crippen LogP contribution in [-0.2, 0) is 9.59 Å². The summed E-state index contributed by atoms with van der Waals surface area (Å²) in [5.74, 6) is 1.35. The number of aliphatic carboxylic acids is 1. The lowest BCUT2D eigenvalue weighted by Gasteiger charge is -2.20. The van der Waals surface area contributed by atoms with Gasteiger partial charge in [-0.2, -0.15) is 0 Å². The molecule has 5 nitrogen and oxygen atoms in total. The van der Waals surface area contributed by atoms with Crippen LogP contribution < -0.4 is 5.73 Å². The third-order valence-corrected chi connectivity index (χ3v) is 2.60. The van der Waals surface area contributed by atoms with Crippen LogP contribution in [0.3, 0.4) is 0 Å². The van der Waals surface area contributed by atoms with E-state index >= 15 is 0 Å². The molecule has 0 aromatic rings. The molecule has 5 heteroatoms. The predicted molar refractivity (Wildman–Crippen MR) is 58.4 cm³/mol. The average Bonchev–Trinajstić information content (AvgIpc) is 2.99. The highest BCUT2D eigenvalue weighted by Crippen LogP contribution is 2.32. The number of hydrogen-bond donors (Lipinski definition) is 2. The Morgan fingerprint density at radius 1 is 1.56 bits per heavy atom. The number of nitrogens with two attached hydrogens (primary N) is 1. The number of carboxylic acids is 1. The van der Waals surface area contributed by atoms with E-state index in [-0.39, 0.29) is 31.5 Å². The van der Waals surface area contributed by atoms with Crippen LogP contribution >= 0.6 is 0 Å². The fourth-order valence-corrected chi connectivity index (χ4v) is 1.53. The van der Waals surface area contributed by atoms with Gasteiger partial charge in [0.1, 0.15) is 6.54 Å². The Balaban J connectivity index is 2.45. The maximum absolute atomic E-state index is 11.7. The SMILES string of the molecule is C#CCN(CC(=O)O)C(=O)CC(N)C1CC1. The van der Waals surface area contributed by atoms with Crippen LogP contribution in [0.1, 0.15) is 19.3 Å². The third-order valence-electron chi connectivity index (χ3n) is 2.60. The molecule has 1 aliphatic carbocycles. The zero-order chi connectivity index (χ0) is 12.1. The van der Waals surface area contributed by atoms with Crippen molar-refractivity contribution in [3.8, 4) is 12.3 Å². The molecule has 0 heterocycles. The van der Waals surface area contributed by atoms with E-state index in [0.717, 1.165) is 17.7 Å². The Morgan fingerprint density at radius 3 is 2.62 bits per heavy atom. The Hall–Kier alpha value is -1.54. The van der Waals surface area contributed by atoms with Crippen LogP contribution in [0.2, 0.25) is 0 Å². The van der Waals surface area contributed by atoms with E-state index in [4.69, 9.17) is 17.3 Å². The second kappa shape index (κ2) is 5.52. The fraction of sp³-hybridized carbons (Fsp3) is 0.636. The summed E-state index contributed by atoms with van der Waals surface area (Å²) >= 11 is 0. The maximum atomic E-state index is 11.7. The largest absolute Gasteiger partial charge is 0.480 e. The van der Waals surface area contributed by atoms with Crippen molar-refractivity contribution in [3.05, 3.63) is 0 Å². The Kier molecular flexibility index (Phi) is 4.32. The number of rotatable bonds is 6. The van der Waals surface area contributed by atoms with Gasteiger partial charge < -0.3 is 15.7 Å². The first-order valence-electron chi connectivity index (χ1n) is 5.23. The van der Waals surface area contributed by atoms with Gasteiger partial charge in [-0.1, -0.05) is 5.92 Å². The molecule has 0 bridgehead atoms. The standard InChI is InChI=1S/C11H16N2O3/c1-2-5-13(7-11(15)16)10(14)6-9(12)8-3-4-8/h1,8-9H,3-7,12H2,(H,15,16). The van der Waals surface area contributed by atoms with Crippen LogP contribution in [-0.4, -0.2) is 41.0 Å². The Morgan fingerprint density at radius 2 is 2.19 bits per heavy atom. The topological polar surface area (TPSA) is 83.6 Å². The zero-order valence-corrected chi connectivity index (χ0v) is 9.06. The normalized spacial score (nSPS) is 16.2. The minimum absolute atomic E-state index is 0.0164. The van der Waals surface area contributed by atoms with Crippen molar-refractivity contribution in [1.82, 2.24) is 4.90 Å². The molecule has 1 fully saturated rings. The van der Waals surface area contributed by atoms with Gasteiger partial charge >= 0.3 is 5.97 Å². The number of carbonyl (C=O) groups is 2. The van der Waals surface area contributed by atoms with E-state index in [9.17, 15) is 9.59 Å². The zero-order valence-electron chi connectivity index (χ0n) is 9.06. The molecule has 0 radical (unpaired) electrons. The second-order valence-corrected chi connectivity index (χ2v) is 4.05. The quantitative estimate of drug-likeness (QED) is 0.605. The van der Waals surface area contributed by atoms with Gasteiger partial charge in [0.15, 0.2) is 0 Å². The lowest BCUT2D eigenvalue weighted by atomic mass is 10.1. The number of nitrogens with zero attached hydrogens (tertiary/aromatic N) is 1. The van der Waals surface area contributed by atoms with E-state index in [1.165, 1.54) is 0 Å². The maximum Gasteiger partial charge on any atom is 0.323 e. The first kappa shape index (κ1) is 12.5. The van der Waals surface area contributed by atoms with Crippen molar-refractivity contribution in [3.63, 3.8) is 0 Å². The fourth-order valence-electron chi connectivity index (χ4n) is 1.53. The Labute approximate surface area is 94.6 Å². The molecular formula is C11H16N2O3. The van der Waals surface area contributed by atoms with Crippen LogP contribution in [0.4, 0.5) is 0 Å². The summed E-state index contributed by atoms with van der Waals surface area (Å²) in [7, 11) is 0. The van der Waals surface area contributed by atoms with Crippen LogP contribution in [0.15, 0.2) is 0 Å². The smallest absolute Gasteiger partial charge is 0.323 e. The highest BCUT2D eigenvalue weighted by molar-refractivity contribution is 5.82. The number of carbonyl (C=O) groups excluding carboxylic acids is 1. The summed E-state index contributed by atoms with van der Waals surface area (Å²) in [4.78, 5) is 23.4. The van der Waals surface area contributed by atoms with E-state index < -0.39 is 5.97 Å². The van der Waals surface area contributed by atoms with E-state index in [1.54, 1.807) is 0 Å². The van der Waals surface area contributed by atoms with Crippen molar-refractivity contribution in [2.75, 3.05) is 13.1 Å². The van der Waals surface area contributed by atoms with Gasteiger partial charge in [-0.05, 0) is 18.8 Å². The Bertz CT molecular complexity index is 318. The summed E-state index contributed by atoms with van der Waals surface area (Å²) in [5.41, 5.74) is 5.80. The molecule has 1 aliphatic rings. The summed E-state index contributed by atoms with van der Waals surface area (Å²) in [6, 6.07) is -0.165. The molecule has 0 saturated heterocycles. The summed E-state index contributed by atoms with van der Waals surface area (Å²) in [6.07, 6.45) is 7.37. The summed E-state index contributed by atoms with van der Waals surface area (Å²) in [6.45, 7) is -0.344. The predicted octanol–water partition coefficient (Wildman–Crippen LogP) is -0.340. The lowest BCUT2D eigenvalue weighted by molar-refractivity contribution is -0.144. The van der Waals surface area contributed by atoms with Gasteiger partial charge in [0.2, 0.25) is 5.91 Å². The van der Waals surface area contributed by atoms with Crippen molar-refractivity contribution in [1.29, 1.82) is 0 Å². The minimum atomic E-state index is -1.07. The molecule has 1 atom stereocenters. The van der Waals surface area contributed by atoms with Crippen molar-refractivity contribution in [2.24, 2.45) is 11.7 Å². The molecule has 16 heavy (non-hydrogen) atoms. The molecule has 3 N–H and O–H groups in total. The first-order valence-corrected chi connectivity index (χ1v) is 5.23. The van der Waals surface area contributed by atoms with E-state index in [0.29, 0.717) is 5.92 Å². The highest BCUT2D eigenvalue weighted by atomic mass is 16.4. The number of amides is 1. The molecule has 0 spiro atoms. The van der Waals surface area contributed by atoms with Crippen LogP contribution in [0.5, 0.6) is 0 Å². The summed E-state index contributed by atoms with van der Waals surface area (Å²) < 4.78 is 0. The average molecular weight is 224 g/mol. The molecule has 88 valence electrons. The van der Waals surface area contributed by atoms with E-state index in [2.05, 4.69) is 5.92 Å². The molecule has 0 aromatic carbocycles. The molecule has 1 rings (SSSR count). The molecule has 0 aliphatic heterocycles. The van der Waals surface area contributed by atoms with E-state index in [1.807, 2.05) is 0 Å². The summed E-state index contributed by atoms with van der Waals surface area (Å²) in [5, 5.41) is 8.62. The molecule has 1 saturated carbocycles.